The van der Waals surface area contributed by atoms with Crippen LogP contribution < -0.4 is 5.32 Å². The Morgan fingerprint density at radius 2 is 2.19 bits per heavy atom. The highest BCUT2D eigenvalue weighted by atomic mass is 79.9. The van der Waals surface area contributed by atoms with Gasteiger partial charge in [-0.3, -0.25) is 0 Å². The molecule has 1 atom stereocenters. The molecule has 0 saturated heterocycles. The molecule has 0 bridgehead atoms. The summed E-state index contributed by atoms with van der Waals surface area (Å²) in [4.78, 5) is 1.48. The summed E-state index contributed by atoms with van der Waals surface area (Å²) in [6.45, 7) is 2.29. The molecular formula is C13H18BrNS. The van der Waals surface area contributed by atoms with Gasteiger partial charge in [-0.25, -0.2) is 0 Å². The highest BCUT2D eigenvalue weighted by Gasteiger charge is 2.20. The molecule has 1 aromatic rings. The maximum absolute atomic E-state index is 3.56. The molecule has 16 heavy (non-hydrogen) atoms. The number of nitrogens with one attached hydrogen (secondary N) is 1. The SMILES string of the molecule is BrCCCCNCC1Cc2ccccc2S1. The molecule has 0 radical (unpaired) electrons. The molecule has 0 fully saturated rings. The van der Waals surface area contributed by atoms with Gasteiger partial charge in [0.1, 0.15) is 0 Å². The lowest BCUT2D eigenvalue weighted by Crippen LogP contribution is -2.25. The first-order valence-corrected chi connectivity index (χ1v) is 7.91. The standard InChI is InChI=1S/C13H18BrNS/c14-7-3-4-8-15-10-12-9-11-5-1-2-6-13(11)16-12/h1-2,5-6,12,15H,3-4,7-10H2. The van der Waals surface area contributed by atoms with E-state index in [1.54, 1.807) is 0 Å². The molecule has 1 nitrogen and oxygen atoms in total. The van der Waals surface area contributed by atoms with Crippen LogP contribution in [0.2, 0.25) is 0 Å². The van der Waals surface area contributed by atoms with Gasteiger partial charge in [0.05, 0.1) is 0 Å². The maximum atomic E-state index is 3.56. The Hall–Kier alpha value is 0.01000. The smallest absolute Gasteiger partial charge is 0.0260 e. The van der Waals surface area contributed by atoms with E-state index in [9.17, 15) is 0 Å². The van der Waals surface area contributed by atoms with E-state index in [0.29, 0.717) is 0 Å². The van der Waals surface area contributed by atoms with Gasteiger partial charge in [0.25, 0.3) is 0 Å². The van der Waals surface area contributed by atoms with Gasteiger partial charge in [0.15, 0.2) is 0 Å². The number of rotatable bonds is 6. The van der Waals surface area contributed by atoms with E-state index in [1.165, 1.54) is 29.7 Å². The van der Waals surface area contributed by atoms with Crippen LogP contribution in [0.5, 0.6) is 0 Å². The molecule has 1 heterocycles. The summed E-state index contributed by atoms with van der Waals surface area (Å²) in [5, 5.41) is 5.42. The summed E-state index contributed by atoms with van der Waals surface area (Å²) < 4.78 is 0. The van der Waals surface area contributed by atoms with E-state index in [4.69, 9.17) is 0 Å². The molecule has 1 aliphatic heterocycles. The van der Waals surface area contributed by atoms with Gasteiger partial charge in [-0.1, -0.05) is 34.1 Å². The first-order valence-electron chi connectivity index (χ1n) is 5.91. The molecule has 0 amide bonds. The summed E-state index contributed by atoms with van der Waals surface area (Å²) in [6, 6.07) is 8.78. The quantitative estimate of drug-likeness (QED) is 0.638. The fourth-order valence-corrected chi connectivity index (χ4v) is 3.65. The van der Waals surface area contributed by atoms with Crippen molar-refractivity contribution in [1.29, 1.82) is 0 Å². The molecule has 88 valence electrons. The molecule has 2 rings (SSSR count). The first-order chi connectivity index (χ1) is 7.90. The minimum atomic E-state index is 0.737. The number of benzene rings is 1. The van der Waals surface area contributed by atoms with Gasteiger partial charge in [-0.05, 0) is 37.4 Å². The summed E-state index contributed by atoms with van der Waals surface area (Å²) in [5.41, 5.74) is 1.53. The van der Waals surface area contributed by atoms with Crippen LogP contribution >= 0.6 is 27.7 Å². The predicted octanol–water partition coefficient (Wildman–Crippen LogP) is 3.47. The van der Waals surface area contributed by atoms with Crippen molar-refractivity contribution in [3.05, 3.63) is 29.8 Å². The van der Waals surface area contributed by atoms with Crippen LogP contribution in [0.4, 0.5) is 0 Å². The van der Waals surface area contributed by atoms with E-state index in [1.807, 2.05) is 11.8 Å². The Bertz CT molecular complexity index is 304. The van der Waals surface area contributed by atoms with Crippen LogP contribution in [0, 0.1) is 0 Å². The van der Waals surface area contributed by atoms with Gasteiger partial charge in [-0.15, -0.1) is 11.8 Å². The molecule has 1 unspecified atom stereocenters. The van der Waals surface area contributed by atoms with Crippen molar-refractivity contribution >= 4 is 27.7 Å². The van der Waals surface area contributed by atoms with Gasteiger partial charge >= 0.3 is 0 Å². The first kappa shape index (κ1) is 12.5. The van der Waals surface area contributed by atoms with Gasteiger partial charge in [-0.2, -0.15) is 0 Å². The second-order valence-electron chi connectivity index (χ2n) is 4.15. The molecule has 0 aliphatic carbocycles. The van der Waals surface area contributed by atoms with Crippen molar-refractivity contribution in [3.63, 3.8) is 0 Å². The summed E-state index contributed by atoms with van der Waals surface area (Å²) in [7, 11) is 0. The van der Waals surface area contributed by atoms with E-state index < -0.39 is 0 Å². The zero-order valence-corrected chi connectivity index (χ0v) is 11.8. The second-order valence-corrected chi connectivity index (χ2v) is 6.29. The molecule has 3 heteroatoms. The number of unbranched alkanes of at least 4 members (excludes halogenated alkanes) is 1. The van der Waals surface area contributed by atoms with E-state index >= 15 is 0 Å². The molecule has 0 spiro atoms. The van der Waals surface area contributed by atoms with Crippen molar-refractivity contribution in [2.75, 3.05) is 18.4 Å². The third-order valence-corrected chi connectivity index (χ3v) is 4.70. The van der Waals surface area contributed by atoms with E-state index in [2.05, 4.69) is 45.5 Å². The van der Waals surface area contributed by atoms with E-state index in [-0.39, 0.29) is 0 Å². The van der Waals surface area contributed by atoms with Gasteiger partial charge in [0, 0.05) is 22.0 Å². The number of thioether (sulfide) groups is 1. The van der Waals surface area contributed by atoms with Crippen molar-refractivity contribution in [2.45, 2.75) is 29.4 Å². The zero-order valence-electron chi connectivity index (χ0n) is 9.42. The van der Waals surface area contributed by atoms with Gasteiger partial charge < -0.3 is 5.32 Å². The molecular weight excluding hydrogens is 282 g/mol. The molecule has 0 saturated carbocycles. The molecule has 1 aliphatic rings. The van der Waals surface area contributed by atoms with Crippen LogP contribution in [-0.2, 0) is 6.42 Å². The number of alkyl halides is 1. The predicted molar refractivity (Wildman–Crippen MR) is 75.7 cm³/mol. The number of hydrogen-bond acceptors (Lipinski definition) is 2. The van der Waals surface area contributed by atoms with Crippen molar-refractivity contribution < 1.29 is 0 Å². The largest absolute Gasteiger partial charge is 0.316 e. The Balaban J connectivity index is 1.67. The van der Waals surface area contributed by atoms with Crippen LogP contribution in [0.1, 0.15) is 18.4 Å². The molecule has 1 aromatic carbocycles. The Kier molecular flexibility index (Phi) is 5.20. The highest BCUT2D eigenvalue weighted by molar-refractivity contribution is 9.09. The fourth-order valence-electron chi connectivity index (χ4n) is 1.98. The maximum Gasteiger partial charge on any atom is 0.0260 e. The van der Waals surface area contributed by atoms with Crippen LogP contribution in [0.25, 0.3) is 0 Å². The topological polar surface area (TPSA) is 12.0 Å². The van der Waals surface area contributed by atoms with Gasteiger partial charge in [0.2, 0.25) is 0 Å². The summed E-state index contributed by atoms with van der Waals surface area (Å²) >= 11 is 5.48. The third-order valence-electron chi connectivity index (χ3n) is 2.82. The van der Waals surface area contributed by atoms with Crippen molar-refractivity contribution in [3.8, 4) is 0 Å². The highest BCUT2D eigenvalue weighted by Crippen LogP contribution is 2.36. The normalized spacial score (nSPS) is 18.7. The third kappa shape index (κ3) is 3.51. The fraction of sp³-hybridized carbons (Fsp3) is 0.538. The minimum absolute atomic E-state index is 0.737. The second kappa shape index (κ2) is 6.67. The zero-order chi connectivity index (χ0) is 11.2. The van der Waals surface area contributed by atoms with Crippen LogP contribution in [-0.4, -0.2) is 23.7 Å². The summed E-state index contributed by atoms with van der Waals surface area (Å²) in [6.07, 6.45) is 3.77. The molecule has 0 aromatic heterocycles. The average molecular weight is 300 g/mol. The minimum Gasteiger partial charge on any atom is -0.316 e. The number of fused-ring (bicyclic) bond motifs is 1. The van der Waals surface area contributed by atoms with E-state index in [0.717, 1.165) is 23.7 Å². The Morgan fingerprint density at radius 3 is 3.00 bits per heavy atom. The Labute approximate surface area is 111 Å². The summed E-state index contributed by atoms with van der Waals surface area (Å²) in [5.74, 6) is 0. The molecule has 1 N–H and O–H groups in total. The lowest BCUT2D eigenvalue weighted by atomic mass is 10.1. The number of halogens is 1. The van der Waals surface area contributed by atoms with Crippen molar-refractivity contribution in [1.82, 2.24) is 5.32 Å². The Morgan fingerprint density at radius 1 is 1.31 bits per heavy atom. The lowest BCUT2D eigenvalue weighted by Gasteiger charge is -2.09. The van der Waals surface area contributed by atoms with Crippen LogP contribution in [0.15, 0.2) is 29.2 Å². The average Bonchev–Trinajstić information content (AvgIpc) is 2.71. The lowest BCUT2D eigenvalue weighted by molar-refractivity contribution is 0.630. The van der Waals surface area contributed by atoms with Crippen LogP contribution in [0.3, 0.4) is 0 Å². The number of hydrogen-bond donors (Lipinski definition) is 1. The van der Waals surface area contributed by atoms with Crippen molar-refractivity contribution in [2.24, 2.45) is 0 Å². The monoisotopic (exact) mass is 299 g/mol.